The van der Waals surface area contributed by atoms with Crippen molar-refractivity contribution in [2.75, 3.05) is 0 Å². The molecule has 1 aromatic carbocycles. The van der Waals surface area contributed by atoms with Crippen molar-refractivity contribution < 1.29 is 4.42 Å². The van der Waals surface area contributed by atoms with Crippen LogP contribution in [-0.4, -0.2) is 4.98 Å². The zero-order chi connectivity index (χ0) is 9.38. The maximum atomic E-state index is 5.28. The zero-order valence-corrected chi connectivity index (χ0v) is 7.53. The van der Waals surface area contributed by atoms with E-state index in [9.17, 15) is 0 Å². The molecule has 0 saturated heterocycles. The van der Waals surface area contributed by atoms with Crippen molar-refractivity contribution in [3.05, 3.63) is 49.0 Å². The molecular weight excluding hydrogens is 174 g/mol. The van der Waals surface area contributed by atoms with Gasteiger partial charge >= 0.3 is 0 Å². The molecule has 0 radical (unpaired) electrons. The minimum absolute atomic E-state index is 0.935. The fraction of sp³-hybridized carbons (Fsp3) is 0. The highest BCUT2D eigenvalue weighted by atomic mass is 16.3. The highest BCUT2D eigenvalue weighted by molar-refractivity contribution is 5.83. The minimum atomic E-state index is 0.935. The average molecular weight is 183 g/mol. The maximum absolute atomic E-state index is 5.28. The zero-order valence-electron chi connectivity index (χ0n) is 7.53. The highest BCUT2D eigenvalue weighted by Gasteiger charge is 2.00. The average Bonchev–Trinajstić information content (AvgIpc) is 2.88. The molecule has 0 aliphatic heterocycles. The van der Waals surface area contributed by atoms with Crippen molar-refractivity contribution in [2.24, 2.45) is 0 Å². The smallest absolute Gasteiger partial charge is 0.133 e. The van der Waals surface area contributed by atoms with E-state index in [0.717, 1.165) is 11.0 Å². The lowest BCUT2D eigenvalue weighted by Gasteiger charge is -1.96. The monoisotopic (exact) mass is 183 g/mol. The number of aromatic nitrogens is 1. The molecule has 0 bridgehead atoms. The third-order valence-corrected chi connectivity index (χ3v) is 2.38. The van der Waals surface area contributed by atoms with Gasteiger partial charge in [0.2, 0.25) is 0 Å². The van der Waals surface area contributed by atoms with Gasteiger partial charge in [-0.2, -0.15) is 0 Å². The van der Waals surface area contributed by atoms with E-state index in [2.05, 4.69) is 23.2 Å². The van der Waals surface area contributed by atoms with Gasteiger partial charge in [0, 0.05) is 17.8 Å². The molecular formula is C12H9NO. The first kappa shape index (κ1) is 7.44. The molecule has 0 aliphatic carbocycles. The highest BCUT2D eigenvalue weighted by Crippen LogP contribution is 2.24. The standard InChI is InChI=1S/C12H9NO/c1-2-12-10(4-6-14-12)7-9(1)11-3-5-13-8-11/h1-8,13H. The van der Waals surface area contributed by atoms with Gasteiger partial charge in [0.15, 0.2) is 0 Å². The summed E-state index contributed by atoms with van der Waals surface area (Å²) in [4.78, 5) is 3.05. The summed E-state index contributed by atoms with van der Waals surface area (Å²) < 4.78 is 5.28. The molecule has 2 heterocycles. The SMILES string of the molecule is c1cc(-c2ccc3occc3c2)c[nH]1. The van der Waals surface area contributed by atoms with Crippen LogP contribution in [0.15, 0.2) is 53.4 Å². The quantitative estimate of drug-likeness (QED) is 0.615. The van der Waals surface area contributed by atoms with Crippen LogP contribution in [0.5, 0.6) is 0 Å². The molecule has 0 amide bonds. The van der Waals surface area contributed by atoms with Crippen LogP contribution in [0.3, 0.4) is 0 Å². The molecule has 0 spiro atoms. The Morgan fingerprint density at radius 3 is 2.86 bits per heavy atom. The number of benzene rings is 1. The van der Waals surface area contributed by atoms with Crippen LogP contribution in [0.4, 0.5) is 0 Å². The second-order valence-corrected chi connectivity index (χ2v) is 3.27. The predicted octanol–water partition coefficient (Wildman–Crippen LogP) is 3.43. The Bertz CT molecular complexity index is 548. The third kappa shape index (κ3) is 1.04. The summed E-state index contributed by atoms with van der Waals surface area (Å²) in [6.45, 7) is 0. The molecule has 68 valence electrons. The fourth-order valence-corrected chi connectivity index (χ4v) is 1.65. The van der Waals surface area contributed by atoms with Gasteiger partial charge in [-0.3, -0.25) is 0 Å². The summed E-state index contributed by atoms with van der Waals surface area (Å²) in [5.41, 5.74) is 3.34. The molecule has 3 rings (SSSR count). The van der Waals surface area contributed by atoms with E-state index in [1.807, 2.05) is 24.5 Å². The van der Waals surface area contributed by atoms with Gasteiger partial charge in [-0.15, -0.1) is 0 Å². The number of rotatable bonds is 1. The summed E-state index contributed by atoms with van der Waals surface area (Å²) in [5.74, 6) is 0. The third-order valence-electron chi connectivity index (χ3n) is 2.38. The Balaban J connectivity index is 2.23. The summed E-state index contributed by atoms with van der Waals surface area (Å²) in [5, 5.41) is 1.14. The molecule has 2 nitrogen and oxygen atoms in total. The lowest BCUT2D eigenvalue weighted by atomic mass is 10.1. The summed E-state index contributed by atoms with van der Waals surface area (Å²) >= 11 is 0. The van der Waals surface area contributed by atoms with E-state index in [0.29, 0.717) is 0 Å². The van der Waals surface area contributed by atoms with E-state index < -0.39 is 0 Å². The second-order valence-electron chi connectivity index (χ2n) is 3.27. The Labute approximate surface area is 81.2 Å². The molecule has 14 heavy (non-hydrogen) atoms. The predicted molar refractivity (Wildman–Crippen MR) is 56.0 cm³/mol. The molecule has 0 fully saturated rings. The van der Waals surface area contributed by atoms with Crippen molar-refractivity contribution in [1.29, 1.82) is 0 Å². The Hall–Kier alpha value is -1.96. The number of hydrogen-bond donors (Lipinski definition) is 1. The van der Waals surface area contributed by atoms with Crippen LogP contribution in [0.25, 0.3) is 22.1 Å². The van der Waals surface area contributed by atoms with Crippen LogP contribution in [0, 0.1) is 0 Å². The van der Waals surface area contributed by atoms with Crippen LogP contribution in [0.2, 0.25) is 0 Å². The lowest BCUT2D eigenvalue weighted by Crippen LogP contribution is -1.72. The van der Waals surface area contributed by atoms with Crippen molar-refractivity contribution in [2.45, 2.75) is 0 Å². The lowest BCUT2D eigenvalue weighted by molar-refractivity contribution is 0.616. The number of hydrogen-bond acceptors (Lipinski definition) is 1. The van der Waals surface area contributed by atoms with Crippen molar-refractivity contribution in [3.8, 4) is 11.1 Å². The number of H-pyrrole nitrogens is 1. The van der Waals surface area contributed by atoms with Gasteiger partial charge in [0.25, 0.3) is 0 Å². The number of furan rings is 1. The van der Waals surface area contributed by atoms with E-state index in [-0.39, 0.29) is 0 Å². The van der Waals surface area contributed by atoms with Gasteiger partial charge in [-0.1, -0.05) is 6.07 Å². The largest absolute Gasteiger partial charge is 0.464 e. The number of nitrogens with one attached hydrogen (secondary N) is 1. The Kier molecular flexibility index (Phi) is 1.47. The first-order chi connectivity index (χ1) is 6.93. The van der Waals surface area contributed by atoms with Crippen molar-refractivity contribution >= 4 is 11.0 Å². The van der Waals surface area contributed by atoms with Gasteiger partial charge in [-0.25, -0.2) is 0 Å². The number of fused-ring (bicyclic) bond motifs is 1. The Morgan fingerprint density at radius 2 is 2.00 bits per heavy atom. The Morgan fingerprint density at radius 1 is 1.00 bits per heavy atom. The summed E-state index contributed by atoms with van der Waals surface area (Å²) in [6, 6.07) is 10.2. The maximum Gasteiger partial charge on any atom is 0.133 e. The fourth-order valence-electron chi connectivity index (χ4n) is 1.65. The normalized spacial score (nSPS) is 10.9. The molecule has 3 aromatic rings. The van der Waals surface area contributed by atoms with Gasteiger partial charge in [0.1, 0.15) is 5.58 Å². The van der Waals surface area contributed by atoms with Crippen LogP contribution in [-0.2, 0) is 0 Å². The minimum Gasteiger partial charge on any atom is -0.464 e. The van der Waals surface area contributed by atoms with Gasteiger partial charge < -0.3 is 9.40 Å². The molecule has 2 aromatic heterocycles. The van der Waals surface area contributed by atoms with Gasteiger partial charge in [0.05, 0.1) is 6.26 Å². The first-order valence-corrected chi connectivity index (χ1v) is 4.54. The van der Waals surface area contributed by atoms with Crippen LogP contribution in [0.1, 0.15) is 0 Å². The molecule has 0 saturated carbocycles. The molecule has 0 atom stereocenters. The van der Waals surface area contributed by atoms with E-state index >= 15 is 0 Å². The second kappa shape index (κ2) is 2.77. The van der Waals surface area contributed by atoms with Crippen molar-refractivity contribution in [1.82, 2.24) is 4.98 Å². The molecule has 0 unspecified atom stereocenters. The number of aromatic amines is 1. The van der Waals surface area contributed by atoms with Gasteiger partial charge in [-0.05, 0) is 35.4 Å². The van der Waals surface area contributed by atoms with E-state index in [1.165, 1.54) is 11.1 Å². The molecule has 1 N–H and O–H groups in total. The van der Waals surface area contributed by atoms with Crippen molar-refractivity contribution in [3.63, 3.8) is 0 Å². The van der Waals surface area contributed by atoms with E-state index in [4.69, 9.17) is 4.42 Å². The van der Waals surface area contributed by atoms with Crippen LogP contribution >= 0.6 is 0 Å². The molecule has 2 heteroatoms. The van der Waals surface area contributed by atoms with E-state index in [1.54, 1.807) is 6.26 Å². The van der Waals surface area contributed by atoms with Crippen LogP contribution < -0.4 is 0 Å². The molecule has 0 aliphatic rings. The summed E-state index contributed by atoms with van der Waals surface area (Å²) in [7, 11) is 0. The topological polar surface area (TPSA) is 28.9 Å². The first-order valence-electron chi connectivity index (χ1n) is 4.54. The summed E-state index contributed by atoms with van der Waals surface area (Å²) in [6.07, 6.45) is 5.63.